The molecule has 1 aliphatic rings. The Labute approximate surface area is 198 Å². The molecule has 6 heteroatoms. The number of para-hydroxylation sites is 1. The van der Waals surface area contributed by atoms with E-state index in [0.717, 1.165) is 51.3 Å². The van der Waals surface area contributed by atoms with E-state index in [1.54, 1.807) is 13.1 Å². The molecule has 1 fully saturated rings. The van der Waals surface area contributed by atoms with E-state index in [2.05, 4.69) is 64.5 Å². The molecule has 0 unspecified atom stereocenters. The number of benzene rings is 1. The molecule has 0 bridgehead atoms. The lowest BCUT2D eigenvalue weighted by atomic mass is 10.0. The number of rotatable bonds is 9. The maximum atomic E-state index is 11.9. The third kappa shape index (κ3) is 5.93. The van der Waals surface area contributed by atoms with E-state index >= 15 is 0 Å². The first-order valence-corrected chi connectivity index (χ1v) is 12.1. The molecule has 33 heavy (non-hydrogen) atoms. The summed E-state index contributed by atoms with van der Waals surface area (Å²) >= 11 is 0. The predicted molar refractivity (Wildman–Crippen MR) is 137 cm³/mol. The van der Waals surface area contributed by atoms with Gasteiger partial charge in [0, 0.05) is 48.5 Å². The van der Waals surface area contributed by atoms with Gasteiger partial charge in [-0.3, -0.25) is 0 Å². The van der Waals surface area contributed by atoms with Crippen LogP contribution in [0.2, 0.25) is 0 Å². The topological polar surface area (TPSA) is 58.9 Å². The van der Waals surface area contributed by atoms with Gasteiger partial charge in [-0.2, -0.15) is 0 Å². The monoisotopic (exact) mass is 450 g/mol. The number of hydrogen-bond acceptors (Lipinski definition) is 4. The maximum Gasteiger partial charge on any atom is 0.339 e. The van der Waals surface area contributed by atoms with Gasteiger partial charge >= 0.3 is 5.97 Å². The summed E-state index contributed by atoms with van der Waals surface area (Å²) in [4.78, 5) is 18.6. The zero-order valence-corrected chi connectivity index (χ0v) is 20.6. The minimum atomic E-state index is -0.385. The van der Waals surface area contributed by atoms with Crippen molar-refractivity contribution in [2.75, 3.05) is 26.2 Å². The highest BCUT2D eigenvalue weighted by atomic mass is 16.5. The Hall–Kier alpha value is -2.86. The lowest BCUT2D eigenvalue weighted by molar-refractivity contribution is -0.138. The van der Waals surface area contributed by atoms with E-state index in [1.807, 2.05) is 6.92 Å². The van der Waals surface area contributed by atoms with E-state index in [4.69, 9.17) is 4.74 Å². The molecule has 1 N–H and O–H groups in total. The van der Waals surface area contributed by atoms with Crippen LogP contribution in [0.15, 0.2) is 53.7 Å². The second-order valence-corrected chi connectivity index (χ2v) is 8.48. The summed E-state index contributed by atoms with van der Waals surface area (Å²) in [6.07, 6.45) is 6.25. The number of ether oxygens (including phenoxy) is 1. The number of carbonyl (C=O) groups is 1. The fraction of sp³-hybridized carbons (Fsp3) is 0.481. The number of carbonyl (C=O) groups excluding carboxylic acids is 1. The quantitative estimate of drug-likeness (QED) is 0.199. The van der Waals surface area contributed by atoms with Gasteiger partial charge in [-0.15, -0.1) is 0 Å². The molecule has 1 aromatic heterocycles. The third-order valence-corrected chi connectivity index (χ3v) is 6.56. The number of aryl methyl sites for hydroxylation is 1. The molecule has 3 rings (SSSR count). The van der Waals surface area contributed by atoms with Crippen LogP contribution in [-0.4, -0.2) is 53.6 Å². The molecule has 1 saturated heterocycles. The number of likely N-dealkylation sites (tertiary alicyclic amines) is 1. The smallest absolute Gasteiger partial charge is 0.339 e. The summed E-state index contributed by atoms with van der Waals surface area (Å²) in [7, 11) is 0. The molecule has 2 aromatic rings. The molecule has 0 saturated carbocycles. The van der Waals surface area contributed by atoms with Gasteiger partial charge in [0.1, 0.15) is 5.84 Å². The molecular formula is C27H38N4O2. The molecule has 0 atom stereocenters. The second kappa shape index (κ2) is 11.8. The SMILES string of the molecule is C=C/C(=C\N=C(C)N1CCC(NCCc2c(C)n(CC)c3ccccc23)CC1)C(=O)OCC. The number of piperidine rings is 1. The summed E-state index contributed by atoms with van der Waals surface area (Å²) in [5, 5.41) is 5.16. The van der Waals surface area contributed by atoms with Crippen molar-refractivity contribution in [1.82, 2.24) is 14.8 Å². The Bertz CT molecular complexity index is 1030. The predicted octanol–water partition coefficient (Wildman–Crippen LogP) is 4.62. The van der Waals surface area contributed by atoms with Gasteiger partial charge in [0.15, 0.2) is 0 Å². The number of nitrogens with zero attached hydrogens (tertiary/aromatic N) is 3. The molecule has 0 aliphatic carbocycles. The summed E-state index contributed by atoms with van der Waals surface area (Å²) in [5.41, 5.74) is 4.57. The van der Waals surface area contributed by atoms with Crippen molar-refractivity contribution < 1.29 is 9.53 Å². The lowest BCUT2D eigenvalue weighted by Gasteiger charge is -2.33. The highest BCUT2D eigenvalue weighted by Crippen LogP contribution is 2.26. The molecule has 1 aromatic carbocycles. The van der Waals surface area contributed by atoms with Crippen LogP contribution >= 0.6 is 0 Å². The van der Waals surface area contributed by atoms with Crippen LogP contribution in [0.5, 0.6) is 0 Å². The third-order valence-electron chi connectivity index (χ3n) is 6.56. The van der Waals surface area contributed by atoms with E-state index in [-0.39, 0.29) is 5.97 Å². The molecule has 0 spiro atoms. The maximum absolute atomic E-state index is 11.9. The van der Waals surface area contributed by atoms with E-state index in [0.29, 0.717) is 18.2 Å². The zero-order chi connectivity index (χ0) is 23.8. The van der Waals surface area contributed by atoms with Gasteiger partial charge in [0.25, 0.3) is 0 Å². The van der Waals surface area contributed by atoms with Crippen molar-refractivity contribution in [3.8, 4) is 0 Å². The highest BCUT2D eigenvalue weighted by molar-refractivity contribution is 5.92. The Morgan fingerprint density at radius 2 is 2.00 bits per heavy atom. The number of nitrogens with one attached hydrogen (secondary N) is 1. The molecular weight excluding hydrogens is 412 g/mol. The number of fused-ring (bicyclic) bond motifs is 1. The first-order chi connectivity index (χ1) is 16.0. The second-order valence-electron chi connectivity index (χ2n) is 8.48. The van der Waals surface area contributed by atoms with Gasteiger partial charge in [-0.05, 0) is 65.1 Å². The van der Waals surface area contributed by atoms with Gasteiger partial charge in [-0.1, -0.05) is 30.9 Å². The van der Waals surface area contributed by atoms with Crippen molar-refractivity contribution in [2.24, 2.45) is 4.99 Å². The van der Waals surface area contributed by atoms with Crippen molar-refractivity contribution in [2.45, 2.75) is 59.5 Å². The number of esters is 1. The van der Waals surface area contributed by atoms with Crippen LogP contribution in [0, 0.1) is 6.92 Å². The van der Waals surface area contributed by atoms with Crippen LogP contribution in [0.3, 0.4) is 0 Å². The molecule has 2 heterocycles. The molecule has 6 nitrogen and oxygen atoms in total. The fourth-order valence-electron chi connectivity index (χ4n) is 4.68. The Kier molecular flexibility index (Phi) is 8.89. The molecule has 1 aliphatic heterocycles. The first-order valence-electron chi connectivity index (χ1n) is 12.1. The van der Waals surface area contributed by atoms with Gasteiger partial charge in [0.05, 0.1) is 12.2 Å². The Morgan fingerprint density at radius 3 is 2.67 bits per heavy atom. The van der Waals surface area contributed by atoms with Crippen LogP contribution in [0.25, 0.3) is 10.9 Å². The van der Waals surface area contributed by atoms with E-state index < -0.39 is 0 Å². The summed E-state index contributed by atoms with van der Waals surface area (Å²) < 4.78 is 7.44. The number of hydrogen-bond donors (Lipinski definition) is 1. The van der Waals surface area contributed by atoms with Gasteiger partial charge in [-0.25, -0.2) is 9.79 Å². The van der Waals surface area contributed by atoms with Crippen molar-refractivity contribution in [3.63, 3.8) is 0 Å². The fourth-order valence-corrected chi connectivity index (χ4v) is 4.68. The normalized spacial score (nSPS) is 15.8. The first kappa shape index (κ1) is 24.8. The largest absolute Gasteiger partial charge is 0.462 e. The standard InChI is InChI=1S/C27H38N4O2/c1-6-22(27(32)33-8-3)19-29-21(5)30-17-14-23(15-18-30)28-16-13-24-20(4)31(7-2)26-12-10-9-11-25(24)26/h6,9-12,19,23,28H,1,7-8,13-18H2,2-5H3/b22-19+,29-21?. The van der Waals surface area contributed by atoms with Crippen molar-refractivity contribution >= 4 is 22.7 Å². The molecule has 0 radical (unpaired) electrons. The average Bonchev–Trinajstić information content (AvgIpc) is 3.10. The summed E-state index contributed by atoms with van der Waals surface area (Å²) in [6.45, 7) is 16.2. The van der Waals surface area contributed by atoms with Crippen molar-refractivity contribution in [1.29, 1.82) is 0 Å². The lowest BCUT2D eigenvalue weighted by Crippen LogP contribution is -2.44. The van der Waals surface area contributed by atoms with Crippen LogP contribution in [0.1, 0.15) is 44.9 Å². The minimum Gasteiger partial charge on any atom is -0.462 e. The summed E-state index contributed by atoms with van der Waals surface area (Å²) in [6, 6.07) is 9.26. The summed E-state index contributed by atoms with van der Waals surface area (Å²) in [5.74, 6) is 0.532. The molecule has 0 amide bonds. The van der Waals surface area contributed by atoms with Gasteiger partial charge in [0.2, 0.25) is 0 Å². The Balaban J connectivity index is 1.51. The van der Waals surface area contributed by atoms with E-state index in [9.17, 15) is 4.79 Å². The average molecular weight is 451 g/mol. The zero-order valence-electron chi connectivity index (χ0n) is 20.6. The minimum absolute atomic E-state index is 0.341. The van der Waals surface area contributed by atoms with Gasteiger partial charge < -0.3 is 19.5 Å². The van der Waals surface area contributed by atoms with E-state index in [1.165, 1.54) is 28.2 Å². The van der Waals surface area contributed by atoms with Crippen LogP contribution < -0.4 is 5.32 Å². The Morgan fingerprint density at radius 1 is 1.27 bits per heavy atom. The van der Waals surface area contributed by atoms with Crippen molar-refractivity contribution in [3.05, 3.63) is 60.0 Å². The number of amidine groups is 1. The molecule has 178 valence electrons. The van der Waals surface area contributed by atoms with Crippen LogP contribution in [0.4, 0.5) is 0 Å². The number of aliphatic imine (C=N–C) groups is 1. The van der Waals surface area contributed by atoms with Crippen LogP contribution in [-0.2, 0) is 22.5 Å². The number of aromatic nitrogens is 1. The highest BCUT2D eigenvalue weighted by Gasteiger charge is 2.20.